The number of amides is 1. The van der Waals surface area contributed by atoms with Gasteiger partial charge in [-0.25, -0.2) is 8.78 Å². The van der Waals surface area contributed by atoms with Gasteiger partial charge in [-0.1, -0.05) is 42.5 Å². The molecule has 0 aliphatic rings. The van der Waals surface area contributed by atoms with Gasteiger partial charge in [0.25, 0.3) is 5.91 Å². The van der Waals surface area contributed by atoms with Crippen LogP contribution in [-0.4, -0.2) is 24.5 Å². The molecule has 1 amide bonds. The number of halogens is 10. The second-order valence-electron chi connectivity index (χ2n) is 9.71. The lowest BCUT2D eigenvalue weighted by molar-refractivity contribution is -0.253. The van der Waals surface area contributed by atoms with Crippen molar-refractivity contribution in [2.24, 2.45) is 0 Å². The number of nitrogens with one attached hydrogen (secondary N) is 1. The van der Waals surface area contributed by atoms with E-state index in [0.717, 1.165) is 36.4 Å². The van der Waals surface area contributed by atoms with Gasteiger partial charge < -0.3 is 10.1 Å². The topological polar surface area (TPSA) is 55.4 Å². The molecule has 0 aliphatic carbocycles. The lowest BCUT2D eigenvalue weighted by Crippen LogP contribution is -2.49. The highest BCUT2D eigenvalue weighted by Crippen LogP contribution is 2.39. The first-order chi connectivity index (χ1) is 21.0. The third-order valence-corrected chi connectivity index (χ3v) is 6.65. The molecule has 0 saturated heterocycles. The number of carbonyl (C=O) groups is 2. The van der Waals surface area contributed by atoms with Crippen molar-refractivity contribution < 1.29 is 58.2 Å². The standard InChI is InChI=1S/C31H19F10NO3/c32-22-13-21(14-23(15-22)45-31(40,41)28(35)36)29(16-17-4-2-1-3-5-17,20-9-6-18(7-10-20)26(34)43)42-27(44)19-8-11-25(33)24(12-19)30(37,38)39/h1-15,28H,16H2,(H,42,44)/t29-/m1/s1. The SMILES string of the molecule is O=C(F)c1ccc([C@@](Cc2ccccc2)(NC(=O)c2ccc(F)c(C(F)(F)F)c2)c2cc(F)cc(OC(F)(F)C(F)F)c2)cc1. The summed E-state index contributed by atoms with van der Waals surface area (Å²) >= 11 is 0. The van der Waals surface area contributed by atoms with Crippen LogP contribution in [0.2, 0.25) is 0 Å². The zero-order chi connectivity index (χ0) is 33.2. The molecule has 0 radical (unpaired) electrons. The maximum atomic E-state index is 15.0. The Morgan fingerprint density at radius 3 is 1.96 bits per heavy atom. The lowest BCUT2D eigenvalue weighted by Gasteiger charge is -2.37. The Hall–Kier alpha value is -4.88. The molecule has 1 atom stereocenters. The summed E-state index contributed by atoms with van der Waals surface area (Å²) < 4.78 is 140. The van der Waals surface area contributed by atoms with Crippen molar-refractivity contribution in [1.29, 1.82) is 0 Å². The van der Waals surface area contributed by atoms with Gasteiger partial charge >= 0.3 is 24.7 Å². The van der Waals surface area contributed by atoms with Gasteiger partial charge in [0, 0.05) is 18.1 Å². The molecule has 0 heterocycles. The molecule has 4 rings (SSSR count). The highest BCUT2D eigenvalue weighted by molar-refractivity contribution is 5.95. The molecule has 0 aromatic heterocycles. The normalized spacial score (nSPS) is 13.3. The first-order valence-electron chi connectivity index (χ1n) is 12.7. The van der Waals surface area contributed by atoms with Crippen LogP contribution in [0.1, 0.15) is 43.0 Å². The van der Waals surface area contributed by atoms with Crippen molar-refractivity contribution in [3.8, 4) is 5.75 Å². The van der Waals surface area contributed by atoms with E-state index < -0.39 is 82.3 Å². The third kappa shape index (κ3) is 7.44. The average Bonchev–Trinajstić information content (AvgIpc) is 2.96. The van der Waals surface area contributed by atoms with E-state index in [1.165, 1.54) is 12.1 Å². The summed E-state index contributed by atoms with van der Waals surface area (Å²) in [7, 11) is 0. The number of hydrogen-bond acceptors (Lipinski definition) is 3. The molecule has 0 aliphatic heterocycles. The van der Waals surface area contributed by atoms with Crippen LogP contribution >= 0.6 is 0 Å². The fourth-order valence-electron chi connectivity index (χ4n) is 4.57. The highest BCUT2D eigenvalue weighted by Gasteiger charge is 2.45. The van der Waals surface area contributed by atoms with Gasteiger partial charge in [-0.15, -0.1) is 0 Å². The molecular formula is C31H19F10NO3. The first kappa shape index (κ1) is 33.0. The van der Waals surface area contributed by atoms with Crippen molar-refractivity contribution in [3.05, 3.63) is 136 Å². The molecule has 4 aromatic carbocycles. The van der Waals surface area contributed by atoms with E-state index in [0.29, 0.717) is 23.8 Å². The Morgan fingerprint density at radius 1 is 0.756 bits per heavy atom. The van der Waals surface area contributed by atoms with Gasteiger partial charge in [-0.2, -0.15) is 35.1 Å². The molecular weight excluding hydrogens is 624 g/mol. The molecule has 4 nitrogen and oxygen atoms in total. The van der Waals surface area contributed by atoms with Gasteiger partial charge in [0.1, 0.15) is 17.4 Å². The number of carbonyl (C=O) groups excluding carboxylic acids is 2. The van der Waals surface area contributed by atoms with E-state index in [2.05, 4.69) is 10.1 Å². The molecule has 1 N–H and O–H groups in total. The summed E-state index contributed by atoms with van der Waals surface area (Å²) in [6.07, 6.45) is -15.0. The second-order valence-corrected chi connectivity index (χ2v) is 9.71. The molecule has 0 bridgehead atoms. The van der Waals surface area contributed by atoms with E-state index in [4.69, 9.17) is 0 Å². The van der Waals surface area contributed by atoms with Gasteiger partial charge in [-0.3, -0.25) is 9.59 Å². The second kappa shape index (κ2) is 12.6. The summed E-state index contributed by atoms with van der Waals surface area (Å²) in [6.45, 7) is 0. The quantitative estimate of drug-likeness (QED) is 0.140. The van der Waals surface area contributed by atoms with E-state index in [9.17, 15) is 53.5 Å². The summed E-state index contributed by atoms with van der Waals surface area (Å²) in [5, 5.41) is 2.45. The summed E-state index contributed by atoms with van der Waals surface area (Å²) in [6, 6.07) is 13.1. The summed E-state index contributed by atoms with van der Waals surface area (Å²) in [4.78, 5) is 24.9. The molecule has 0 saturated carbocycles. The van der Waals surface area contributed by atoms with Crippen LogP contribution in [0.25, 0.3) is 0 Å². The highest BCUT2D eigenvalue weighted by atomic mass is 19.4. The van der Waals surface area contributed by atoms with Crippen LogP contribution in [0, 0.1) is 11.6 Å². The number of ether oxygens (including phenoxy) is 1. The van der Waals surface area contributed by atoms with Gasteiger partial charge in [0.05, 0.1) is 16.7 Å². The lowest BCUT2D eigenvalue weighted by atomic mass is 9.77. The van der Waals surface area contributed by atoms with Gasteiger partial charge in [-0.05, 0) is 59.2 Å². The monoisotopic (exact) mass is 643 g/mol. The van der Waals surface area contributed by atoms with Crippen LogP contribution in [0.15, 0.2) is 91.0 Å². The molecule has 45 heavy (non-hydrogen) atoms. The largest absolute Gasteiger partial charge is 0.461 e. The van der Waals surface area contributed by atoms with Gasteiger partial charge in [0.2, 0.25) is 0 Å². The van der Waals surface area contributed by atoms with Crippen molar-refractivity contribution in [2.45, 2.75) is 30.7 Å². The minimum atomic E-state index is -5.21. The average molecular weight is 643 g/mol. The van der Waals surface area contributed by atoms with Crippen LogP contribution in [0.5, 0.6) is 5.75 Å². The minimum absolute atomic E-state index is 0.0833. The molecule has 14 heteroatoms. The summed E-state index contributed by atoms with van der Waals surface area (Å²) in [5.41, 5.74) is -5.28. The van der Waals surface area contributed by atoms with Gasteiger partial charge in [0.15, 0.2) is 0 Å². The van der Waals surface area contributed by atoms with E-state index in [1.807, 2.05) is 0 Å². The Labute approximate surface area is 248 Å². The smallest absolute Gasteiger partial charge is 0.428 e. The number of rotatable bonds is 10. The van der Waals surface area contributed by atoms with Crippen LogP contribution in [0.3, 0.4) is 0 Å². The predicted molar refractivity (Wildman–Crippen MR) is 140 cm³/mol. The number of hydrogen-bond donors (Lipinski definition) is 1. The fourth-order valence-corrected chi connectivity index (χ4v) is 4.57. The van der Waals surface area contributed by atoms with Crippen molar-refractivity contribution in [3.63, 3.8) is 0 Å². The number of alkyl halides is 7. The number of benzene rings is 4. The molecule has 236 valence electrons. The Balaban J connectivity index is 1.98. The maximum absolute atomic E-state index is 15.0. The maximum Gasteiger partial charge on any atom is 0.461 e. The molecule has 0 fully saturated rings. The van der Waals surface area contributed by atoms with Crippen molar-refractivity contribution in [1.82, 2.24) is 5.32 Å². The van der Waals surface area contributed by atoms with Crippen molar-refractivity contribution >= 4 is 11.9 Å². The van der Waals surface area contributed by atoms with Crippen molar-refractivity contribution in [2.75, 3.05) is 0 Å². The van der Waals surface area contributed by atoms with Crippen LogP contribution in [-0.2, 0) is 18.1 Å². The zero-order valence-corrected chi connectivity index (χ0v) is 22.4. The third-order valence-electron chi connectivity index (χ3n) is 6.65. The van der Waals surface area contributed by atoms with Crippen LogP contribution < -0.4 is 10.1 Å². The van der Waals surface area contributed by atoms with E-state index in [-0.39, 0.29) is 11.6 Å². The van der Waals surface area contributed by atoms with Crippen LogP contribution in [0.4, 0.5) is 43.9 Å². The zero-order valence-electron chi connectivity index (χ0n) is 22.4. The molecule has 0 spiro atoms. The minimum Gasteiger partial charge on any atom is -0.428 e. The Morgan fingerprint density at radius 2 is 1.38 bits per heavy atom. The van der Waals surface area contributed by atoms with E-state index >= 15 is 0 Å². The molecule has 4 aromatic rings. The van der Waals surface area contributed by atoms with E-state index in [1.54, 1.807) is 18.2 Å². The Bertz CT molecular complexity index is 1690. The molecule has 0 unspecified atom stereocenters. The Kier molecular flexibility index (Phi) is 9.26. The summed E-state index contributed by atoms with van der Waals surface area (Å²) in [5.74, 6) is -5.41. The fraction of sp³-hybridized carbons (Fsp3) is 0.161. The first-order valence-corrected chi connectivity index (χ1v) is 12.7. The predicted octanol–water partition coefficient (Wildman–Crippen LogP) is 8.25.